The van der Waals surface area contributed by atoms with Crippen molar-refractivity contribution < 1.29 is 19.1 Å². The third-order valence-electron chi connectivity index (χ3n) is 4.17. The van der Waals surface area contributed by atoms with Gasteiger partial charge in [-0.25, -0.2) is 9.78 Å². The molecule has 28 heavy (non-hydrogen) atoms. The lowest BCUT2D eigenvalue weighted by molar-refractivity contribution is 0.0531. The Hall–Kier alpha value is -2.36. The maximum Gasteiger partial charge on any atom is 0.350 e. The zero-order valence-electron chi connectivity index (χ0n) is 15.7. The Bertz CT molecular complexity index is 874. The molecule has 1 fully saturated rings. The van der Waals surface area contributed by atoms with Crippen LogP contribution < -0.4 is 5.32 Å². The smallest absolute Gasteiger partial charge is 0.350 e. The van der Waals surface area contributed by atoms with Gasteiger partial charge in [0.1, 0.15) is 9.87 Å². The number of benzene rings is 1. The minimum Gasteiger partial charge on any atom is -0.462 e. The second kappa shape index (κ2) is 9.22. The number of thiazole rings is 1. The van der Waals surface area contributed by atoms with E-state index in [0.29, 0.717) is 34.5 Å². The summed E-state index contributed by atoms with van der Waals surface area (Å²) in [5.41, 5.74) is 1.91. The predicted molar refractivity (Wildman–Crippen MR) is 111 cm³/mol. The van der Waals surface area contributed by atoms with Crippen molar-refractivity contribution in [1.29, 1.82) is 0 Å². The van der Waals surface area contributed by atoms with Gasteiger partial charge in [-0.15, -0.1) is 0 Å². The topological polar surface area (TPSA) is 80.8 Å². The molecule has 1 saturated heterocycles. The van der Waals surface area contributed by atoms with Crippen molar-refractivity contribution in [3.8, 4) is 0 Å². The van der Waals surface area contributed by atoms with Gasteiger partial charge in [0.05, 0.1) is 25.5 Å². The van der Waals surface area contributed by atoms with Crippen LogP contribution in [0.1, 0.15) is 38.2 Å². The number of aromatic nitrogens is 1. The number of nitrogens with zero attached hydrogens (tertiary/aromatic N) is 2. The fourth-order valence-electron chi connectivity index (χ4n) is 2.72. The Morgan fingerprint density at radius 1 is 1.25 bits per heavy atom. The van der Waals surface area contributed by atoms with Gasteiger partial charge in [-0.1, -0.05) is 35.7 Å². The zero-order valence-corrected chi connectivity index (χ0v) is 17.3. The molecule has 0 aliphatic carbocycles. The number of carbonyl (C=O) groups excluding carboxylic acids is 2. The molecule has 1 aromatic carbocycles. The van der Waals surface area contributed by atoms with E-state index in [4.69, 9.17) is 21.7 Å². The highest BCUT2D eigenvalue weighted by atomic mass is 32.1. The van der Waals surface area contributed by atoms with Crippen LogP contribution in [0.3, 0.4) is 0 Å². The summed E-state index contributed by atoms with van der Waals surface area (Å²) in [6, 6.07) is 7.13. The van der Waals surface area contributed by atoms with Crippen LogP contribution in [-0.4, -0.2) is 59.7 Å². The van der Waals surface area contributed by atoms with Crippen LogP contribution in [-0.2, 0) is 9.47 Å². The summed E-state index contributed by atoms with van der Waals surface area (Å²) in [6.07, 6.45) is 0. The van der Waals surface area contributed by atoms with Gasteiger partial charge in [-0.05, 0) is 26.0 Å². The maximum atomic E-state index is 12.5. The predicted octanol–water partition coefficient (Wildman–Crippen LogP) is 2.89. The SMILES string of the molecule is CCOC(=O)c1sc(NC(=O)c2ccc(C(=S)N3CCOCC3)cc2)nc1C. The number of thiocarbonyl (C=S) groups is 1. The zero-order chi connectivity index (χ0) is 20.1. The number of morpholine rings is 1. The Labute approximate surface area is 172 Å². The first-order chi connectivity index (χ1) is 13.5. The summed E-state index contributed by atoms with van der Waals surface area (Å²) < 4.78 is 10.3. The third kappa shape index (κ3) is 4.73. The molecule has 0 unspecified atom stereocenters. The molecular formula is C19H21N3O4S2. The number of amides is 1. The lowest BCUT2D eigenvalue weighted by Crippen LogP contribution is -2.40. The van der Waals surface area contributed by atoms with Gasteiger partial charge in [0.25, 0.3) is 5.91 Å². The second-order valence-corrected chi connectivity index (χ2v) is 7.48. The van der Waals surface area contributed by atoms with Gasteiger partial charge in [-0.3, -0.25) is 10.1 Å². The van der Waals surface area contributed by atoms with Crippen molar-refractivity contribution in [3.05, 3.63) is 46.0 Å². The summed E-state index contributed by atoms with van der Waals surface area (Å²) in [5.74, 6) is -0.730. The number of aryl methyl sites for hydroxylation is 1. The number of carbonyl (C=O) groups is 2. The number of nitrogens with one attached hydrogen (secondary N) is 1. The molecule has 0 radical (unpaired) electrons. The number of rotatable bonds is 5. The molecule has 2 heterocycles. The molecule has 0 spiro atoms. The van der Waals surface area contributed by atoms with Gasteiger partial charge < -0.3 is 14.4 Å². The molecule has 0 atom stereocenters. The summed E-state index contributed by atoms with van der Waals surface area (Å²) in [7, 11) is 0. The monoisotopic (exact) mass is 419 g/mol. The summed E-state index contributed by atoms with van der Waals surface area (Å²) in [5, 5.41) is 3.09. The van der Waals surface area contributed by atoms with Crippen molar-refractivity contribution in [2.45, 2.75) is 13.8 Å². The highest BCUT2D eigenvalue weighted by Crippen LogP contribution is 2.24. The minimum atomic E-state index is -0.432. The highest BCUT2D eigenvalue weighted by molar-refractivity contribution is 7.80. The molecule has 0 bridgehead atoms. The molecule has 7 nitrogen and oxygen atoms in total. The Morgan fingerprint density at radius 3 is 2.54 bits per heavy atom. The number of ether oxygens (including phenoxy) is 2. The first-order valence-corrected chi connectivity index (χ1v) is 10.1. The van der Waals surface area contributed by atoms with Crippen LogP contribution in [0.5, 0.6) is 0 Å². The molecule has 0 saturated carbocycles. The molecule has 1 aliphatic rings. The van der Waals surface area contributed by atoms with Crippen LogP contribution in [0.15, 0.2) is 24.3 Å². The van der Waals surface area contributed by atoms with Crippen LogP contribution in [0, 0.1) is 6.92 Å². The Kier molecular flexibility index (Phi) is 6.71. The van der Waals surface area contributed by atoms with Gasteiger partial charge in [0, 0.05) is 24.2 Å². The van der Waals surface area contributed by atoms with Crippen LogP contribution in [0.4, 0.5) is 5.13 Å². The summed E-state index contributed by atoms with van der Waals surface area (Å²) in [4.78, 5) is 31.9. The number of anilines is 1. The second-order valence-electron chi connectivity index (χ2n) is 6.09. The summed E-state index contributed by atoms with van der Waals surface area (Å²) in [6.45, 7) is 6.62. The normalized spacial score (nSPS) is 13.9. The fraction of sp³-hybridized carbons (Fsp3) is 0.368. The molecule has 9 heteroatoms. The van der Waals surface area contributed by atoms with E-state index in [1.54, 1.807) is 26.0 Å². The van der Waals surface area contributed by atoms with E-state index in [0.717, 1.165) is 35.0 Å². The number of esters is 1. The molecule has 1 aliphatic heterocycles. The van der Waals surface area contributed by atoms with E-state index in [9.17, 15) is 9.59 Å². The van der Waals surface area contributed by atoms with Crippen molar-refractivity contribution in [2.75, 3.05) is 38.2 Å². The molecule has 1 amide bonds. The average Bonchev–Trinajstić information content (AvgIpc) is 3.08. The lowest BCUT2D eigenvalue weighted by atomic mass is 10.1. The average molecular weight is 420 g/mol. The number of hydrogen-bond acceptors (Lipinski definition) is 7. The minimum absolute atomic E-state index is 0.288. The van der Waals surface area contributed by atoms with Crippen molar-refractivity contribution in [2.24, 2.45) is 0 Å². The summed E-state index contributed by atoms with van der Waals surface area (Å²) >= 11 is 6.64. The van der Waals surface area contributed by atoms with Crippen molar-refractivity contribution >= 4 is 45.6 Å². The molecule has 2 aromatic rings. The molecular weight excluding hydrogens is 398 g/mol. The molecule has 148 valence electrons. The van der Waals surface area contributed by atoms with Crippen LogP contribution in [0.2, 0.25) is 0 Å². The van der Waals surface area contributed by atoms with E-state index < -0.39 is 5.97 Å². The maximum absolute atomic E-state index is 12.5. The first kappa shape index (κ1) is 20.4. The van der Waals surface area contributed by atoms with Gasteiger partial charge in [0.15, 0.2) is 5.13 Å². The van der Waals surface area contributed by atoms with E-state index in [-0.39, 0.29) is 12.5 Å². The Balaban J connectivity index is 1.66. The van der Waals surface area contributed by atoms with E-state index in [1.807, 2.05) is 12.1 Å². The van der Waals surface area contributed by atoms with Crippen molar-refractivity contribution in [3.63, 3.8) is 0 Å². The number of hydrogen-bond donors (Lipinski definition) is 1. The van der Waals surface area contributed by atoms with Crippen molar-refractivity contribution in [1.82, 2.24) is 9.88 Å². The Morgan fingerprint density at radius 2 is 1.89 bits per heavy atom. The molecule has 1 aromatic heterocycles. The van der Waals surface area contributed by atoms with Gasteiger partial charge in [-0.2, -0.15) is 0 Å². The van der Waals surface area contributed by atoms with E-state index >= 15 is 0 Å². The van der Waals surface area contributed by atoms with Crippen LogP contribution >= 0.6 is 23.6 Å². The largest absolute Gasteiger partial charge is 0.462 e. The molecule has 3 rings (SSSR count). The van der Waals surface area contributed by atoms with Gasteiger partial charge >= 0.3 is 5.97 Å². The van der Waals surface area contributed by atoms with Crippen LogP contribution in [0.25, 0.3) is 0 Å². The lowest BCUT2D eigenvalue weighted by Gasteiger charge is -2.29. The standard InChI is InChI=1S/C19H21N3O4S2/c1-3-26-18(24)15-12(2)20-19(28-15)21-16(23)13-4-6-14(7-5-13)17(27)22-8-10-25-11-9-22/h4-7H,3,8-11H2,1-2H3,(H,20,21,23). The quantitative estimate of drug-likeness (QED) is 0.589. The first-order valence-electron chi connectivity index (χ1n) is 8.92. The van der Waals surface area contributed by atoms with Gasteiger partial charge in [0.2, 0.25) is 0 Å². The highest BCUT2D eigenvalue weighted by Gasteiger charge is 2.19. The molecule has 1 N–H and O–H groups in total. The van der Waals surface area contributed by atoms with E-state index in [2.05, 4.69) is 15.2 Å². The third-order valence-corrected chi connectivity index (χ3v) is 5.72. The fourth-order valence-corrected chi connectivity index (χ4v) is 3.89. The van der Waals surface area contributed by atoms with E-state index in [1.165, 1.54) is 0 Å².